The maximum Gasteiger partial charge on any atom is 0.169 e. The Morgan fingerprint density at radius 2 is 1.72 bits per heavy atom. The average molecular weight is 545 g/mol. The van der Waals surface area contributed by atoms with E-state index in [9.17, 15) is 4.79 Å². The maximum atomic E-state index is 13.3. The van der Waals surface area contributed by atoms with Crippen LogP contribution in [-0.4, -0.2) is 48.6 Å². The van der Waals surface area contributed by atoms with Crippen LogP contribution in [0.15, 0.2) is 79.0 Å². The summed E-state index contributed by atoms with van der Waals surface area (Å²) in [5.74, 6) is 2.55. The molecule has 0 amide bonds. The first kappa shape index (κ1) is 27.3. The predicted octanol–water partition coefficient (Wildman–Crippen LogP) is 7.30. The van der Waals surface area contributed by atoms with Gasteiger partial charge in [0.05, 0.1) is 19.2 Å². The van der Waals surface area contributed by atoms with Crippen LogP contribution in [0.25, 0.3) is 10.9 Å². The number of aryl methyl sites for hydroxylation is 1. The smallest absolute Gasteiger partial charge is 0.169 e. The number of rotatable bonds is 12. The number of benzene rings is 3. The second kappa shape index (κ2) is 13.2. The fraction of sp³-hybridized carbons (Fsp3) is 0.364. The molecule has 1 saturated heterocycles. The highest BCUT2D eigenvalue weighted by atomic mass is 35.5. The van der Waals surface area contributed by atoms with Crippen LogP contribution < -0.4 is 9.47 Å². The van der Waals surface area contributed by atoms with E-state index in [4.69, 9.17) is 21.1 Å². The Hall–Kier alpha value is -3.28. The monoisotopic (exact) mass is 544 g/mol. The highest BCUT2D eigenvalue weighted by molar-refractivity contribution is 6.30. The van der Waals surface area contributed by atoms with Crippen molar-refractivity contribution in [3.63, 3.8) is 0 Å². The average Bonchev–Trinajstić information content (AvgIpc) is 3.34. The molecule has 2 heterocycles. The Morgan fingerprint density at radius 3 is 2.46 bits per heavy atom. The van der Waals surface area contributed by atoms with Crippen molar-refractivity contribution >= 4 is 28.3 Å². The van der Waals surface area contributed by atoms with Gasteiger partial charge >= 0.3 is 0 Å². The van der Waals surface area contributed by atoms with Crippen LogP contribution in [0.5, 0.6) is 11.5 Å². The summed E-state index contributed by atoms with van der Waals surface area (Å²) in [6.45, 7) is 4.91. The van der Waals surface area contributed by atoms with Crippen molar-refractivity contribution in [2.45, 2.75) is 38.6 Å². The Labute approximate surface area is 236 Å². The third-order valence-electron chi connectivity index (χ3n) is 7.78. The van der Waals surface area contributed by atoms with E-state index in [1.165, 1.54) is 12.8 Å². The molecule has 5 nitrogen and oxygen atoms in total. The Bertz CT molecular complexity index is 1360. The summed E-state index contributed by atoms with van der Waals surface area (Å²) in [4.78, 5) is 15.9. The predicted molar refractivity (Wildman–Crippen MR) is 158 cm³/mol. The summed E-state index contributed by atoms with van der Waals surface area (Å²) in [5, 5.41) is 1.70. The van der Waals surface area contributed by atoms with Crippen LogP contribution in [0.2, 0.25) is 5.02 Å². The minimum absolute atomic E-state index is 0.139. The number of hydrogen-bond acceptors (Lipinski definition) is 4. The highest BCUT2D eigenvalue weighted by Crippen LogP contribution is 2.31. The van der Waals surface area contributed by atoms with Gasteiger partial charge in [0.2, 0.25) is 0 Å². The van der Waals surface area contributed by atoms with E-state index in [-0.39, 0.29) is 5.78 Å². The quantitative estimate of drug-likeness (QED) is 0.175. The molecule has 0 N–H and O–H groups in total. The van der Waals surface area contributed by atoms with Crippen molar-refractivity contribution in [1.82, 2.24) is 9.47 Å². The molecule has 0 radical (unpaired) electrons. The first-order valence-electron chi connectivity index (χ1n) is 13.9. The van der Waals surface area contributed by atoms with Gasteiger partial charge in [-0.1, -0.05) is 54.1 Å². The molecule has 1 aliphatic heterocycles. The Morgan fingerprint density at radius 1 is 0.949 bits per heavy atom. The van der Waals surface area contributed by atoms with E-state index in [1.54, 1.807) is 7.11 Å². The number of piperidine rings is 1. The summed E-state index contributed by atoms with van der Waals surface area (Å²) >= 11 is 5.95. The van der Waals surface area contributed by atoms with Gasteiger partial charge in [0.1, 0.15) is 11.5 Å². The second-order valence-corrected chi connectivity index (χ2v) is 10.8. The number of para-hydroxylation sites is 1. The lowest BCUT2D eigenvalue weighted by atomic mass is 9.94. The first-order valence-corrected chi connectivity index (χ1v) is 14.3. The van der Waals surface area contributed by atoms with E-state index >= 15 is 0 Å². The van der Waals surface area contributed by atoms with Crippen molar-refractivity contribution in [2.24, 2.45) is 5.92 Å². The molecular formula is C33H37ClN2O3. The zero-order chi connectivity index (χ0) is 27.0. The molecule has 6 heteroatoms. The Balaban J connectivity index is 1.13. The number of ether oxygens (including phenoxy) is 2. The minimum atomic E-state index is 0.139. The summed E-state index contributed by atoms with van der Waals surface area (Å²) in [6, 6.07) is 23.5. The number of aromatic nitrogens is 1. The SMILES string of the molecule is COc1cccc2c(C(=O)Cc3ccccc3)cn(CCCN3CCC(CCOc4ccc(Cl)cc4)CC3)c12. The largest absolute Gasteiger partial charge is 0.495 e. The number of halogens is 1. The number of hydrogen-bond donors (Lipinski definition) is 0. The van der Waals surface area contributed by atoms with Crippen LogP contribution >= 0.6 is 11.6 Å². The molecule has 0 atom stereocenters. The summed E-state index contributed by atoms with van der Waals surface area (Å²) in [5.41, 5.74) is 2.82. The lowest BCUT2D eigenvalue weighted by Gasteiger charge is -2.32. The van der Waals surface area contributed by atoms with Gasteiger partial charge in [0.25, 0.3) is 0 Å². The lowest BCUT2D eigenvalue weighted by Crippen LogP contribution is -2.35. The molecule has 4 aromatic rings. The Kier molecular flexibility index (Phi) is 9.23. The normalized spacial score (nSPS) is 14.5. The fourth-order valence-corrected chi connectivity index (χ4v) is 5.73. The molecule has 5 rings (SSSR count). The van der Waals surface area contributed by atoms with Crippen molar-refractivity contribution in [3.8, 4) is 11.5 Å². The topological polar surface area (TPSA) is 43.7 Å². The van der Waals surface area contributed by atoms with E-state index in [1.807, 2.05) is 79.0 Å². The van der Waals surface area contributed by atoms with E-state index in [0.717, 1.165) is 84.2 Å². The fourth-order valence-electron chi connectivity index (χ4n) is 5.60. The van der Waals surface area contributed by atoms with Crippen molar-refractivity contribution in [2.75, 3.05) is 33.4 Å². The zero-order valence-electron chi connectivity index (χ0n) is 22.7. The van der Waals surface area contributed by atoms with Gasteiger partial charge < -0.3 is 18.9 Å². The van der Waals surface area contributed by atoms with Crippen molar-refractivity contribution in [3.05, 3.63) is 95.1 Å². The zero-order valence-corrected chi connectivity index (χ0v) is 23.4. The van der Waals surface area contributed by atoms with Crippen LogP contribution in [0.4, 0.5) is 0 Å². The number of Topliss-reactive ketones (excluding diaryl/α,β-unsaturated/α-hetero) is 1. The number of fused-ring (bicyclic) bond motifs is 1. The summed E-state index contributed by atoms with van der Waals surface area (Å²) in [7, 11) is 1.70. The molecule has 3 aromatic carbocycles. The first-order chi connectivity index (χ1) is 19.1. The lowest BCUT2D eigenvalue weighted by molar-refractivity contribution is 0.0994. The molecule has 1 fully saturated rings. The molecule has 1 aromatic heterocycles. The molecule has 0 spiro atoms. The molecule has 0 unspecified atom stereocenters. The van der Waals surface area contributed by atoms with Crippen molar-refractivity contribution < 1.29 is 14.3 Å². The summed E-state index contributed by atoms with van der Waals surface area (Å²) < 4.78 is 13.8. The molecule has 0 bridgehead atoms. The van der Waals surface area contributed by atoms with Gasteiger partial charge in [-0.3, -0.25) is 4.79 Å². The number of methoxy groups -OCH3 is 1. The second-order valence-electron chi connectivity index (χ2n) is 10.4. The number of carbonyl (C=O) groups excluding carboxylic acids is 1. The van der Waals surface area contributed by atoms with Crippen LogP contribution in [0.3, 0.4) is 0 Å². The maximum absolute atomic E-state index is 13.3. The molecule has 204 valence electrons. The van der Waals surface area contributed by atoms with Crippen LogP contribution in [-0.2, 0) is 13.0 Å². The minimum Gasteiger partial charge on any atom is -0.495 e. The number of likely N-dealkylation sites (tertiary alicyclic amines) is 1. The van der Waals surface area contributed by atoms with Gasteiger partial charge in [-0.15, -0.1) is 0 Å². The standard InChI is InChI=1S/C33H37ClN2O3/c1-38-32-10-5-9-29-30(31(37)23-26-7-3-2-4-8-26)24-36(33(29)32)19-6-18-35-20-15-25(16-21-35)17-22-39-28-13-11-27(34)12-14-28/h2-5,7-14,24-25H,6,15-23H2,1H3. The third-order valence-corrected chi connectivity index (χ3v) is 8.03. The number of nitrogens with zero attached hydrogens (tertiary/aromatic N) is 2. The highest BCUT2D eigenvalue weighted by Gasteiger charge is 2.21. The van der Waals surface area contributed by atoms with Gasteiger partial charge in [-0.05, 0) is 87.1 Å². The molecule has 0 saturated carbocycles. The molecule has 0 aliphatic carbocycles. The molecule has 1 aliphatic rings. The van der Waals surface area contributed by atoms with Crippen molar-refractivity contribution in [1.29, 1.82) is 0 Å². The van der Waals surface area contributed by atoms with Gasteiger partial charge in [0, 0.05) is 35.1 Å². The van der Waals surface area contributed by atoms with Crippen LogP contribution in [0.1, 0.15) is 41.6 Å². The van der Waals surface area contributed by atoms with Gasteiger partial charge in [0.15, 0.2) is 5.78 Å². The third kappa shape index (κ3) is 7.03. The van der Waals surface area contributed by atoms with E-state index < -0.39 is 0 Å². The van der Waals surface area contributed by atoms with Gasteiger partial charge in [-0.25, -0.2) is 0 Å². The number of carbonyl (C=O) groups is 1. The van der Waals surface area contributed by atoms with E-state index in [2.05, 4.69) is 9.47 Å². The van der Waals surface area contributed by atoms with Gasteiger partial charge in [-0.2, -0.15) is 0 Å². The van der Waals surface area contributed by atoms with Crippen LogP contribution in [0, 0.1) is 5.92 Å². The molecular weight excluding hydrogens is 508 g/mol. The summed E-state index contributed by atoms with van der Waals surface area (Å²) in [6.07, 6.45) is 6.97. The molecule has 39 heavy (non-hydrogen) atoms. The number of ketones is 1. The van der Waals surface area contributed by atoms with E-state index in [0.29, 0.717) is 12.3 Å².